The standard InChI is InChI=1S/C15H32N2/c1-12(2)10-17(13(3)4)11-14-15(5,6)8-7-9-16-14/h12-14,16H,7-11H2,1-6H3. The first-order valence-electron chi connectivity index (χ1n) is 7.30. The molecule has 1 aliphatic rings. The molecule has 1 N–H and O–H groups in total. The topological polar surface area (TPSA) is 15.3 Å². The highest BCUT2D eigenvalue weighted by atomic mass is 15.2. The molecule has 0 bridgehead atoms. The molecule has 1 heterocycles. The monoisotopic (exact) mass is 240 g/mol. The lowest BCUT2D eigenvalue weighted by molar-refractivity contribution is 0.102. The summed E-state index contributed by atoms with van der Waals surface area (Å²) in [6.45, 7) is 17.7. The van der Waals surface area contributed by atoms with Gasteiger partial charge in [-0.2, -0.15) is 0 Å². The molecule has 0 aromatic heterocycles. The highest BCUT2D eigenvalue weighted by Crippen LogP contribution is 2.30. The van der Waals surface area contributed by atoms with Gasteiger partial charge < -0.3 is 5.32 Å². The first-order valence-corrected chi connectivity index (χ1v) is 7.30. The van der Waals surface area contributed by atoms with Crippen molar-refractivity contribution in [3.63, 3.8) is 0 Å². The summed E-state index contributed by atoms with van der Waals surface area (Å²) in [6.07, 6.45) is 2.69. The maximum atomic E-state index is 3.73. The Morgan fingerprint density at radius 2 is 1.88 bits per heavy atom. The summed E-state index contributed by atoms with van der Waals surface area (Å²) in [5, 5.41) is 3.73. The van der Waals surface area contributed by atoms with Gasteiger partial charge in [0.2, 0.25) is 0 Å². The second-order valence-corrected chi connectivity index (χ2v) is 7.04. The van der Waals surface area contributed by atoms with E-state index in [9.17, 15) is 0 Å². The van der Waals surface area contributed by atoms with E-state index in [-0.39, 0.29) is 0 Å². The van der Waals surface area contributed by atoms with E-state index < -0.39 is 0 Å². The molecular weight excluding hydrogens is 208 g/mol. The van der Waals surface area contributed by atoms with E-state index in [1.165, 1.54) is 32.5 Å². The smallest absolute Gasteiger partial charge is 0.0246 e. The Balaban J connectivity index is 2.58. The lowest BCUT2D eigenvalue weighted by atomic mass is 9.77. The van der Waals surface area contributed by atoms with Crippen molar-refractivity contribution in [3.05, 3.63) is 0 Å². The van der Waals surface area contributed by atoms with Crippen molar-refractivity contribution in [2.75, 3.05) is 19.6 Å². The number of hydrogen-bond donors (Lipinski definition) is 1. The molecule has 1 fully saturated rings. The van der Waals surface area contributed by atoms with Crippen LogP contribution in [0.15, 0.2) is 0 Å². The number of piperidine rings is 1. The van der Waals surface area contributed by atoms with Gasteiger partial charge in [0.15, 0.2) is 0 Å². The third-order valence-corrected chi connectivity index (χ3v) is 4.08. The normalized spacial score (nSPS) is 24.9. The quantitative estimate of drug-likeness (QED) is 0.794. The molecule has 1 saturated heterocycles. The zero-order valence-corrected chi connectivity index (χ0v) is 12.7. The first kappa shape index (κ1) is 15.0. The van der Waals surface area contributed by atoms with E-state index in [1.807, 2.05) is 0 Å². The zero-order chi connectivity index (χ0) is 13.1. The molecule has 0 aliphatic carbocycles. The third kappa shape index (κ3) is 4.59. The van der Waals surface area contributed by atoms with Crippen LogP contribution >= 0.6 is 0 Å². The number of rotatable bonds is 5. The van der Waals surface area contributed by atoms with Gasteiger partial charge in [0.1, 0.15) is 0 Å². The van der Waals surface area contributed by atoms with E-state index in [0.717, 1.165) is 5.92 Å². The Kier molecular flexibility index (Phi) is 5.46. The number of nitrogens with one attached hydrogen (secondary N) is 1. The fourth-order valence-corrected chi connectivity index (χ4v) is 2.78. The van der Waals surface area contributed by atoms with Crippen molar-refractivity contribution in [2.45, 2.75) is 66.5 Å². The molecule has 1 aliphatic heterocycles. The van der Waals surface area contributed by atoms with Crippen molar-refractivity contribution < 1.29 is 0 Å². The van der Waals surface area contributed by atoms with Crippen molar-refractivity contribution >= 4 is 0 Å². The second kappa shape index (κ2) is 6.19. The van der Waals surface area contributed by atoms with Crippen LogP contribution in [0.5, 0.6) is 0 Å². The third-order valence-electron chi connectivity index (χ3n) is 4.08. The molecule has 0 aromatic rings. The van der Waals surface area contributed by atoms with Crippen LogP contribution in [-0.2, 0) is 0 Å². The second-order valence-electron chi connectivity index (χ2n) is 7.04. The summed E-state index contributed by atoms with van der Waals surface area (Å²) in [7, 11) is 0. The zero-order valence-electron chi connectivity index (χ0n) is 12.7. The Bertz CT molecular complexity index is 221. The van der Waals surface area contributed by atoms with Gasteiger partial charge in [0.05, 0.1) is 0 Å². The number of nitrogens with zero attached hydrogens (tertiary/aromatic N) is 1. The lowest BCUT2D eigenvalue weighted by Crippen LogP contribution is -2.54. The fourth-order valence-electron chi connectivity index (χ4n) is 2.78. The van der Waals surface area contributed by atoms with E-state index in [2.05, 4.69) is 51.8 Å². The van der Waals surface area contributed by atoms with Crippen LogP contribution in [0, 0.1) is 11.3 Å². The molecule has 0 saturated carbocycles. The molecule has 0 radical (unpaired) electrons. The largest absolute Gasteiger partial charge is 0.312 e. The Labute approximate surface area is 108 Å². The van der Waals surface area contributed by atoms with Crippen LogP contribution in [0.25, 0.3) is 0 Å². The summed E-state index contributed by atoms with van der Waals surface area (Å²) >= 11 is 0. The van der Waals surface area contributed by atoms with Crippen LogP contribution < -0.4 is 5.32 Å². The summed E-state index contributed by atoms with van der Waals surface area (Å²) in [4.78, 5) is 2.63. The van der Waals surface area contributed by atoms with Crippen LogP contribution in [0.2, 0.25) is 0 Å². The molecular formula is C15H32N2. The fraction of sp³-hybridized carbons (Fsp3) is 1.00. The van der Waals surface area contributed by atoms with Crippen molar-refractivity contribution in [1.29, 1.82) is 0 Å². The van der Waals surface area contributed by atoms with Crippen LogP contribution in [0.1, 0.15) is 54.4 Å². The average Bonchev–Trinajstić information content (AvgIpc) is 2.18. The van der Waals surface area contributed by atoms with Crippen LogP contribution in [-0.4, -0.2) is 36.6 Å². The molecule has 0 aromatic carbocycles. The summed E-state index contributed by atoms with van der Waals surface area (Å²) in [5.41, 5.74) is 0.447. The maximum Gasteiger partial charge on any atom is 0.0246 e. The summed E-state index contributed by atoms with van der Waals surface area (Å²) in [5.74, 6) is 0.754. The molecule has 1 rings (SSSR count). The Morgan fingerprint density at radius 1 is 1.24 bits per heavy atom. The van der Waals surface area contributed by atoms with Gasteiger partial charge in [0.25, 0.3) is 0 Å². The molecule has 17 heavy (non-hydrogen) atoms. The predicted octanol–water partition coefficient (Wildman–Crippen LogP) is 3.13. The van der Waals surface area contributed by atoms with Gasteiger partial charge in [-0.25, -0.2) is 0 Å². The van der Waals surface area contributed by atoms with Gasteiger partial charge in [-0.3, -0.25) is 4.90 Å². The van der Waals surface area contributed by atoms with Crippen LogP contribution in [0.4, 0.5) is 0 Å². The van der Waals surface area contributed by atoms with Gasteiger partial charge in [-0.05, 0) is 44.6 Å². The highest BCUT2D eigenvalue weighted by Gasteiger charge is 2.33. The Hall–Kier alpha value is -0.0800. The van der Waals surface area contributed by atoms with E-state index in [4.69, 9.17) is 0 Å². The first-order chi connectivity index (χ1) is 7.83. The predicted molar refractivity (Wildman–Crippen MR) is 76.4 cm³/mol. The van der Waals surface area contributed by atoms with Gasteiger partial charge in [-0.15, -0.1) is 0 Å². The van der Waals surface area contributed by atoms with Crippen molar-refractivity contribution in [3.8, 4) is 0 Å². The van der Waals surface area contributed by atoms with Crippen molar-refractivity contribution in [2.24, 2.45) is 11.3 Å². The van der Waals surface area contributed by atoms with Crippen LogP contribution in [0.3, 0.4) is 0 Å². The average molecular weight is 240 g/mol. The lowest BCUT2D eigenvalue weighted by Gasteiger charge is -2.43. The SMILES string of the molecule is CC(C)CN(CC1NCCCC1(C)C)C(C)C. The molecule has 0 amide bonds. The molecule has 0 spiro atoms. The molecule has 2 nitrogen and oxygen atoms in total. The maximum absolute atomic E-state index is 3.73. The summed E-state index contributed by atoms with van der Waals surface area (Å²) in [6, 6.07) is 1.30. The minimum atomic E-state index is 0.447. The minimum absolute atomic E-state index is 0.447. The molecule has 102 valence electrons. The van der Waals surface area contributed by atoms with Gasteiger partial charge >= 0.3 is 0 Å². The molecule has 1 unspecified atom stereocenters. The van der Waals surface area contributed by atoms with E-state index in [0.29, 0.717) is 17.5 Å². The van der Waals surface area contributed by atoms with E-state index >= 15 is 0 Å². The number of hydrogen-bond acceptors (Lipinski definition) is 2. The highest BCUT2D eigenvalue weighted by molar-refractivity contribution is 4.90. The van der Waals surface area contributed by atoms with Crippen molar-refractivity contribution in [1.82, 2.24) is 10.2 Å². The van der Waals surface area contributed by atoms with E-state index in [1.54, 1.807) is 0 Å². The molecule has 2 heteroatoms. The Morgan fingerprint density at radius 3 is 2.35 bits per heavy atom. The minimum Gasteiger partial charge on any atom is -0.312 e. The van der Waals surface area contributed by atoms with Gasteiger partial charge in [-0.1, -0.05) is 27.7 Å². The van der Waals surface area contributed by atoms with Gasteiger partial charge in [0, 0.05) is 25.2 Å². The molecule has 1 atom stereocenters. The summed E-state index contributed by atoms with van der Waals surface area (Å²) < 4.78 is 0.